The van der Waals surface area contributed by atoms with Crippen LogP contribution >= 0.6 is 22.6 Å². The molecule has 4 aromatic carbocycles. The predicted molar refractivity (Wildman–Crippen MR) is 221 cm³/mol. The van der Waals surface area contributed by atoms with Gasteiger partial charge in [-0.15, -0.1) is 10.2 Å². The van der Waals surface area contributed by atoms with Crippen molar-refractivity contribution in [2.24, 2.45) is 0 Å². The van der Waals surface area contributed by atoms with E-state index < -0.39 is 27.1 Å². The maximum atomic E-state index is 15.4. The first-order valence-electron chi connectivity index (χ1n) is 17.8. The monoisotopic (exact) mass is 930 g/mol. The van der Waals surface area contributed by atoms with Crippen LogP contribution in [-0.4, -0.2) is 107 Å². The molecule has 0 spiro atoms. The lowest BCUT2D eigenvalue weighted by atomic mass is 10.2. The van der Waals surface area contributed by atoms with Crippen LogP contribution in [0.4, 0.5) is 4.79 Å². The minimum atomic E-state index is -4.50. The third kappa shape index (κ3) is 10.6. The molecule has 16 nitrogen and oxygen atoms in total. The van der Waals surface area contributed by atoms with E-state index in [1.54, 1.807) is 82.0 Å². The number of likely N-dealkylation sites (tertiary alicyclic amines) is 1. The molecule has 0 aliphatic carbocycles. The van der Waals surface area contributed by atoms with Gasteiger partial charge < -0.3 is 24.6 Å². The van der Waals surface area contributed by atoms with Crippen LogP contribution < -0.4 is 24.2 Å². The largest absolute Gasteiger partial charge is 0.497 e. The number of tetrazole rings is 1. The Morgan fingerprint density at radius 3 is 2.00 bits per heavy atom. The highest BCUT2D eigenvalue weighted by molar-refractivity contribution is 14.1. The Labute approximate surface area is 347 Å². The van der Waals surface area contributed by atoms with Crippen LogP contribution in [0.1, 0.15) is 23.1 Å². The average molecular weight is 931 g/mol. The Morgan fingerprint density at radius 2 is 1.46 bits per heavy atom. The van der Waals surface area contributed by atoms with Crippen molar-refractivity contribution in [3.63, 3.8) is 0 Å². The SMILES string of the molecule is COc1ccc(CN(Cc2ccc(OC)cc2)S(=O)(=O)c2c(S(=O)N[C@@H]3CCN(CCNC(=O)O)C3)ccc(I)c2-c2nnn(Cc3ccc(OC)cc3)n2)cc1. The number of halogens is 1. The summed E-state index contributed by atoms with van der Waals surface area (Å²) in [5.41, 5.74) is 2.45. The number of hydrogen-bond acceptors (Lipinski definition) is 11. The number of rotatable bonds is 18. The molecule has 1 unspecified atom stereocenters. The van der Waals surface area contributed by atoms with E-state index >= 15 is 8.42 Å². The number of ether oxygens (including phenoxy) is 3. The summed E-state index contributed by atoms with van der Waals surface area (Å²) < 4.78 is 66.3. The third-order valence-electron chi connectivity index (χ3n) is 9.31. The number of nitrogens with one attached hydrogen (secondary N) is 2. The van der Waals surface area contributed by atoms with E-state index in [0.717, 1.165) is 5.56 Å². The van der Waals surface area contributed by atoms with Crippen LogP contribution in [-0.2, 0) is 40.6 Å². The maximum Gasteiger partial charge on any atom is 0.404 e. The van der Waals surface area contributed by atoms with Crippen LogP contribution in [0.15, 0.2) is 94.7 Å². The number of amides is 1. The molecule has 302 valence electrons. The van der Waals surface area contributed by atoms with Crippen LogP contribution in [0.5, 0.6) is 17.2 Å². The fourth-order valence-corrected chi connectivity index (χ4v) is 10.5. The second-order valence-corrected chi connectivity index (χ2v) is 17.4. The lowest BCUT2D eigenvalue weighted by Crippen LogP contribution is -2.37. The van der Waals surface area contributed by atoms with Crippen LogP contribution in [0, 0.1) is 3.57 Å². The van der Waals surface area contributed by atoms with Crippen LogP contribution in [0.2, 0.25) is 0 Å². The number of carbonyl (C=O) groups is 1. The number of methoxy groups -OCH3 is 3. The second-order valence-electron chi connectivity index (χ2n) is 13.1. The molecule has 5 aromatic rings. The van der Waals surface area contributed by atoms with Crippen molar-refractivity contribution >= 4 is 49.7 Å². The first-order valence-corrected chi connectivity index (χ1v) is 21.5. The number of carboxylic acid groups (broad SMARTS) is 1. The van der Waals surface area contributed by atoms with Crippen molar-refractivity contribution in [2.45, 2.75) is 41.9 Å². The lowest BCUT2D eigenvalue weighted by molar-refractivity contribution is 0.192. The molecular weight excluding hydrogens is 888 g/mol. The summed E-state index contributed by atoms with van der Waals surface area (Å²) in [7, 11) is -1.81. The third-order valence-corrected chi connectivity index (χ3v) is 13.5. The molecule has 1 aliphatic heterocycles. The van der Waals surface area contributed by atoms with Crippen molar-refractivity contribution in [2.75, 3.05) is 47.5 Å². The Hall–Kier alpha value is -4.67. The summed E-state index contributed by atoms with van der Waals surface area (Å²) >= 11 is 2.05. The minimum Gasteiger partial charge on any atom is -0.497 e. The first-order chi connectivity index (χ1) is 27.5. The van der Waals surface area contributed by atoms with Gasteiger partial charge in [-0.2, -0.15) is 9.10 Å². The minimum absolute atomic E-state index is 0.0255. The first kappa shape index (κ1) is 41.9. The summed E-state index contributed by atoms with van der Waals surface area (Å²) in [6.45, 7) is 2.08. The molecule has 2 heterocycles. The molecule has 6 rings (SSSR count). The standard InChI is InChI=1S/C38H43IN8O8S2/c1-53-30-10-4-26(5-11-30)22-46(23-27-6-12-31(54-2)13-7-27)57(51,52)36-34(56(50)43-29-18-20-45(25-29)21-19-40-38(48)49)17-16-33(39)35(36)37-41-44-47(42-37)24-28-8-14-32(55-3)15-9-28/h4-17,29,40,43H,18-25H2,1-3H3,(H,48,49)/t29-,56?/m1/s1. The summed E-state index contributed by atoms with van der Waals surface area (Å²) in [4.78, 5) is 14.2. The summed E-state index contributed by atoms with van der Waals surface area (Å²) in [6, 6.07) is 24.7. The van der Waals surface area contributed by atoms with Gasteiger partial charge in [0.15, 0.2) is 0 Å². The van der Waals surface area contributed by atoms with Gasteiger partial charge >= 0.3 is 6.09 Å². The number of hydrogen-bond donors (Lipinski definition) is 3. The van der Waals surface area contributed by atoms with E-state index in [4.69, 9.17) is 19.3 Å². The summed E-state index contributed by atoms with van der Waals surface area (Å²) in [6.07, 6.45) is -0.475. The molecule has 0 radical (unpaired) electrons. The fourth-order valence-electron chi connectivity index (χ4n) is 6.35. The van der Waals surface area contributed by atoms with E-state index in [9.17, 15) is 9.00 Å². The van der Waals surface area contributed by atoms with E-state index in [0.29, 0.717) is 58.0 Å². The zero-order chi connectivity index (χ0) is 40.5. The molecule has 1 amide bonds. The summed E-state index contributed by atoms with van der Waals surface area (Å²) in [5, 5.41) is 24.6. The molecule has 0 bridgehead atoms. The number of sulfonamides is 1. The van der Waals surface area contributed by atoms with Gasteiger partial charge in [-0.1, -0.05) is 36.4 Å². The second kappa shape index (κ2) is 19.2. The molecule has 19 heteroatoms. The van der Waals surface area contributed by atoms with Crippen molar-refractivity contribution in [1.82, 2.24) is 39.5 Å². The number of aromatic nitrogens is 4. The zero-order valence-electron chi connectivity index (χ0n) is 31.5. The van der Waals surface area contributed by atoms with Gasteiger partial charge in [0, 0.05) is 42.3 Å². The molecular formula is C38H43IN8O8S2. The summed E-state index contributed by atoms with van der Waals surface area (Å²) in [5.74, 6) is 2.00. The normalized spacial score (nSPS) is 15.1. The fraction of sp³-hybridized carbons (Fsp3) is 0.316. The topological polar surface area (TPSA) is 190 Å². The molecule has 0 saturated carbocycles. The van der Waals surface area contributed by atoms with Crippen molar-refractivity contribution in [1.29, 1.82) is 0 Å². The van der Waals surface area contributed by atoms with E-state index in [1.165, 1.54) is 9.10 Å². The van der Waals surface area contributed by atoms with E-state index in [1.807, 2.05) is 24.3 Å². The molecule has 1 saturated heterocycles. The van der Waals surface area contributed by atoms with Gasteiger partial charge in [-0.05, 0) is 106 Å². The lowest BCUT2D eigenvalue weighted by Gasteiger charge is -2.26. The molecule has 57 heavy (non-hydrogen) atoms. The van der Waals surface area contributed by atoms with Gasteiger partial charge in [-0.3, -0.25) is 4.90 Å². The Morgan fingerprint density at radius 1 is 0.895 bits per heavy atom. The Bertz CT molecular complexity index is 2230. The molecule has 2 atom stereocenters. The van der Waals surface area contributed by atoms with Crippen molar-refractivity contribution in [3.05, 3.63) is 105 Å². The molecule has 3 N–H and O–H groups in total. The van der Waals surface area contributed by atoms with Crippen molar-refractivity contribution < 1.29 is 36.7 Å². The zero-order valence-corrected chi connectivity index (χ0v) is 35.3. The van der Waals surface area contributed by atoms with E-state index in [2.05, 4.69) is 52.9 Å². The Kier molecular flexibility index (Phi) is 14.1. The molecule has 1 aliphatic rings. The van der Waals surface area contributed by atoms with E-state index in [-0.39, 0.29) is 53.4 Å². The van der Waals surface area contributed by atoms with Gasteiger partial charge in [0.25, 0.3) is 0 Å². The van der Waals surface area contributed by atoms with Crippen molar-refractivity contribution in [3.8, 4) is 28.6 Å². The van der Waals surface area contributed by atoms with Gasteiger partial charge in [0.1, 0.15) is 33.1 Å². The smallest absolute Gasteiger partial charge is 0.404 e. The number of benzene rings is 4. The van der Waals surface area contributed by atoms with Gasteiger partial charge in [0.2, 0.25) is 15.8 Å². The Balaban J connectivity index is 1.41. The van der Waals surface area contributed by atoms with Gasteiger partial charge in [-0.25, -0.2) is 22.1 Å². The highest BCUT2D eigenvalue weighted by Gasteiger charge is 2.36. The highest BCUT2D eigenvalue weighted by atomic mass is 127. The van der Waals surface area contributed by atoms with Crippen LogP contribution in [0.25, 0.3) is 11.4 Å². The highest BCUT2D eigenvalue weighted by Crippen LogP contribution is 2.37. The molecule has 1 aromatic heterocycles. The average Bonchev–Trinajstić information content (AvgIpc) is 3.87. The maximum absolute atomic E-state index is 15.4. The van der Waals surface area contributed by atoms with Crippen LogP contribution in [0.3, 0.4) is 0 Å². The molecule has 1 fully saturated rings. The van der Waals surface area contributed by atoms with Gasteiger partial charge in [0.05, 0.1) is 38.3 Å². The number of nitrogens with zero attached hydrogens (tertiary/aromatic N) is 6. The predicted octanol–water partition coefficient (Wildman–Crippen LogP) is 4.36. The quantitative estimate of drug-likeness (QED) is 0.106.